The molecule has 1 aliphatic rings. The number of nitrogens with zero attached hydrogens (tertiary/aromatic N) is 1. The minimum absolute atomic E-state index is 0.289. The molecule has 2 aromatic carbocycles. The summed E-state index contributed by atoms with van der Waals surface area (Å²) in [5.41, 5.74) is 4.17. The molecule has 21 heavy (non-hydrogen) atoms. The van der Waals surface area contributed by atoms with E-state index < -0.39 is 0 Å². The van der Waals surface area contributed by atoms with Crippen molar-refractivity contribution in [3.05, 3.63) is 77.5 Å². The molecule has 0 saturated heterocycles. The summed E-state index contributed by atoms with van der Waals surface area (Å²) in [6.45, 7) is 3.13. The molecule has 1 atom stereocenters. The van der Waals surface area contributed by atoms with E-state index in [4.69, 9.17) is 4.74 Å². The second-order valence-electron chi connectivity index (χ2n) is 5.34. The maximum absolute atomic E-state index is 5.27. The van der Waals surface area contributed by atoms with Gasteiger partial charge in [0, 0.05) is 6.54 Å². The Hall–Kier alpha value is -2.22. The van der Waals surface area contributed by atoms with E-state index in [-0.39, 0.29) is 6.04 Å². The second kappa shape index (κ2) is 6.04. The summed E-state index contributed by atoms with van der Waals surface area (Å²) in [5.74, 6) is 0.903. The monoisotopic (exact) mass is 279 g/mol. The smallest absolute Gasteiger partial charge is 0.118 e. The maximum atomic E-state index is 5.27. The van der Waals surface area contributed by atoms with E-state index >= 15 is 0 Å². The summed E-state index contributed by atoms with van der Waals surface area (Å²) < 4.78 is 5.27. The van der Waals surface area contributed by atoms with Crippen LogP contribution in [0.3, 0.4) is 0 Å². The topological polar surface area (TPSA) is 12.5 Å². The van der Waals surface area contributed by atoms with E-state index in [1.807, 2.05) is 12.1 Å². The van der Waals surface area contributed by atoms with Crippen molar-refractivity contribution < 1.29 is 4.74 Å². The largest absolute Gasteiger partial charge is 0.497 e. The number of fused-ring (bicyclic) bond motifs is 1. The highest BCUT2D eigenvalue weighted by atomic mass is 16.5. The van der Waals surface area contributed by atoms with Gasteiger partial charge in [-0.05, 0) is 48.4 Å². The molecule has 0 N–H and O–H groups in total. The van der Waals surface area contributed by atoms with Gasteiger partial charge >= 0.3 is 0 Å². The molecule has 0 spiro atoms. The van der Waals surface area contributed by atoms with E-state index in [0.717, 1.165) is 18.7 Å². The Labute approximate surface area is 126 Å². The number of methoxy groups -OCH3 is 1. The molecule has 0 aromatic heterocycles. The van der Waals surface area contributed by atoms with Crippen molar-refractivity contribution in [3.8, 4) is 5.75 Å². The number of rotatable bonds is 3. The normalized spacial score (nSPS) is 17.8. The van der Waals surface area contributed by atoms with Crippen LogP contribution in [-0.2, 0) is 6.42 Å². The minimum atomic E-state index is 0.289. The second-order valence-corrected chi connectivity index (χ2v) is 5.34. The van der Waals surface area contributed by atoms with Crippen LogP contribution in [0.25, 0.3) is 0 Å². The van der Waals surface area contributed by atoms with Gasteiger partial charge in [0.05, 0.1) is 13.2 Å². The van der Waals surface area contributed by atoms with E-state index in [2.05, 4.69) is 60.5 Å². The summed E-state index contributed by atoms with van der Waals surface area (Å²) in [5, 5.41) is 0. The lowest BCUT2D eigenvalue weighted by molar-refractivity contribution is 0.300. The van der Waals surface area contributed by atoms with Crippen LogP contribution in [0, 0.1) is 0 Å². The fourth-order valence-corrected chi connectivity index (χ4v) is 3.10. The number of hydrogen-bond donors (Lipinski definition) is 0. The third-order valence-electron chi connectivity index (χ3n) is 4.09. The van der Waals surface area contributed by atoms with Crippen LogP contribution in [-0.4, -0.2) is 18.6 Å². The molecule has 1 heterocycles. The summed E-state index contributed by atoms with van der Waals surface area (Å²) in [4.78, 5) is 2.42. The van der Waals surface area contributed by atoms with Crippen LogP contribution in [0.1, 0.15) is 29.7 Å². The van der Waals surface area contributed by atoms with Crippen LogP contribution in [0.15, 0.2) is 60.8 Å². The molecule has 108 valence electrons. The molecule has 0 bridgehead atoms. The maximum Gasteiger partial charge on any atom is 0.118 e. The molecule has 0 saturated carbocycles. The number of hydrogen-bond acceptors (Lipinski definition) is 2. The average Bonchev–Trinajstić information content (AvgIpc) is 2.55. The number of allylic oxidation sites excluding steroid dienone is 1. The zero-order valence-corrected chi connectivity index (χ0v) is 12.6. The molecule has 3 rings (SSSR count). The molecule has 0 aliphatic carbocycles. The van der Waals surface area contributed by atoms with Crippen molar-refractivity contribution >= 4 is 0 Å². The zero-order chi connectivity index (χ0) is 14.7. The predicted octanol–water partition coefficient (Wildman–Crippen LogP) is 4.18. The highest BCUT2D eigenvalue weighted by molar-refractivity contribution is 5.41. The Morgan fingerprint density at radius 1 is 1.10 bits per heavy atom. The van der Waals surface area contributed by atoms with Gasteiger partial charge in [0.2, 0.25) is 0 Å². The van der Waals surface area contributed by atoms with Gasteiger partial charge in [-0.25, -0.2) is 0 Å². The molecule has 1 unspecified atom stereocenters. The third-order valence-corrected chi connectivity index (χ3v) is 4.09. The van der Waals surface area contributed by atoms with E-state index in [0.29, 0.717) is 0 Å². The molecule has 2 nitrogen and oxygen atoms in total. The fraction of sp³-hybridized carbons (Fsp3) is 0.263. The number of ether oxygens (including phenoxy) is 1. The highest BCUT2D eigenvalue weighted by Gasteiger charge is 2.26. The molecular weight excluding hydrogens is 258 g/mol. The molecule has 0 radical (unpaired) electrons. The van der Waals surface area contributed by atoms with Crippen LogP contribution in [0.5, 0.6) is 5.75 Å². The highest BCUT2D eigenvalue weighted by Crippen LogP contribution is 2.35. The first-order valence-corrected chi connectivity index (χ1v) is 7.44. The van der Waals surface area contributed by atoms with Gasteiger partial charge < -0.3 is 9.64 Å². The lowest BCUT2D eigenvalue weighted by Crippen LogP contribution is -2.32. The Kier molecular flexibility index (Phi) is 3.96. The fourth-order valence-electron chi connectivity index (χ4n) is 3.10. The van der Waals surface area contributed by atoms with Crippen LogP contribution >= 0.6 is 0 Å². The van der Waals surface area contributed by atoms with Crippen molar-refractivity contribution in [1.29, 1.82) is 0 Å². The van der Waals surface area contributed by atoms with Gasteiger partial charge in [0.1, 0.15) is 5.75 Å². The van der Waals surface area contributed by atoms with E-state index in [9.17, 15) is 0 Å². The van der Waals surface area contributed by atoms with Crippen molar-refractivity contribution in [3.63, 3.8) is 0 Å². The molecule has 1 aliphatic heterocycles. The van der Waals surface area contributed by atoms with Crippen LogP contribution in [0.4, 0.5) is 0 Å². The third kappa shape index (κ3) is 2.66. The minimum Gasteiger partial charge on any atom is -0.497 e. The Morgan fingerprint density at radius 3 is 2.57 bits per heavy atom. The van der Waals surface area contributed by atoms with Gasteiger partial charge in [0.15, 0.2) is 0 Å². The lowest BCUT2D eigenvalue weighted by Gasteiger charge is -2.37. The summed E-state index contributed by atoms with van der Waals surface area (Å²) >= 11 is 0. The lowest BCUT2D eigenvalue weighted by atomic mass is 9.88. The Bertz CT molecular complexity index is 630. The zero-order valence-electron chi connectivity index (χ0n) is 12.6. The molecule has 0 fully saturated rings. The Balaban J connectivity index is 2.05. The van der Waals surface area contributed by atoms with Gasteiger partial charge in [0.25, 0.3) is 0 Å². The average molecular weight is 279 g/mol. The quantitative estimate of drug-likeness (QED) is 0.836. The van der Waals surface area contributed by atoms with Crippen molar-refractivity contribution in [2.45, 2.75) is 19.4 Å². The van der Waals surface area contributed by atoms with E-state index in [1.54, 1.807) is 7.11 Å². The summed E-state index contributed by atoms with van der Waals surface area (Å²) in [7, 11) is 1.71. The Morgan fingerprint density at radius 2 is 1.86 bits per heavy atom. The summed E-state index contributed by atoms with van der Waals surface area (Å²) in [6, 6.07) is 17.5. The van der Waals surface area contributed by atoms with Crippen LogP contribution in [0.2, 0.25) is 0 Å². The van der Waals surface area contributed by atoms with Crippen LogP contribution < -0.4 is 4.74 Å². The SMILES string of the molecule is CC=CN1CCc2ccccc2C1c1ccc(OC)cc1. The first-order chi connectivity index (χ1) is 10.3. The van der Waals surface area contributed by atoms with E-state index in [1.165, 1.54) is 16.7 Å². The first-order valence-electron chi connectivity index (χ1n) is 7.44. The summed E-state index contributed by atoms with van der Waals surface area (Å²) in [6.07, 6.45) is 5.42. The first kappa shape index (κ1) is 13.7. The molecular formula is C19H21NO. The standard InChI is InChI=1S/C19H21NO/c1-3-13-20-14-12-15-6-4-5-7-18(15)19(20)16-8-10-17(21-2)11-9-16/h3-11,13,19H,12,14H2,1-2H3. The van der Waals surface area contributed by atoms with Crippen molar-refractivity contribution in [2.24, 2.45) is 0 Å². The van der Waals surface area contributed by atoms with Crippen molar-refractivity contribution in [2.75, 3.05) is 13.7 Å². The molecule has 2 aromatic rings. The van der Waals surface area contributed by atoms with Gasteiger partial charge in [-0.2, -0.15) is 0 Å². The molecule has 2 heteroatoms. The molecule has 0 amide bonds. The van der Waals surface area contributed by atoms with Gasteiger partial charge in [-0.1, -0.05) is 42.5 Å². The van der Waals surface area contributed by atoms with Crippen molar-refractivity contribution in [1.82, 2.24) is 4.90 Å². The van der Waals surface area contributed by atoms with Gasteiger partial charge in [-0.3, -0.25) is 0 Å². The number of benzene rings is 2. The predicted molar refractivity (Wildman–Crippen MR) is 86.5 cm³/mol. The van der Waals surface area contributed by atoms with Gasteiger partial charge in [-0.15, -0.1) is 0 Å².